The Morgan fingerprint density at radius 2 is 1.88 bits per heavy atom. The van der Waals surface area contributed by atoms with Crippen molar-refractivity contribution in [1.82, 2.24) is 0 Å². The van der Waals surface area contributed by atoms with E-state index >= 15 is 0 Å². The minimum Gasteiger partial charge on any atom is -0.494 e. The summed E-state index contributed by atoms with van der Waals surface area (Å²) in [4.78, 5) is 0.590. The van der Waals surface area contributed by atoms with Gasteiger partial charge in [0.1, 0.15) is 5.75 Å². The first-order valence-corrected chi connectivity index (χ1v) is 7.23. The van der Waals surface area contributed by atoms with Crippen LogP contribution in [0.5, 0.6) is 5.75 Å². The number of hydrogen-bond acceptors (Lipinski definition) is 1. The van der Waals surface area contributed by atoms with Crippen molar-refractivity contribution < 1.29 is 4.74 Å². The van der Waals surface area contributed by atoms with E-state index in [1.807, 2.05) is 30.3 Å². The molecule has 0 amide bonds. The normalized spacial score (nSPS) is 13.4. The van der Waals surface area contributed by atoms with Gasteiger partial charge in [-0.2, -0.15) is 0 Å². The molecule has 0 aliphatic rings. The van der Waals surface area contributed by atoms with Crippen LogP contribution in [0, 0.1) is 5.41 Å². The summed E-state index contributed by atoms with van der Waals surface area (Å²) < 4.78 is 5.69. The number of benzene rings is 1. The summed E-state index contributed by atoms with van der Waals surface area (Å²) in [6.45, 7) is 7.67. The van der Waals surface area contributed by atoms with Crippen LogP contribution < -0.4 is 4.74 Å². The SMILES string of the molecule is CC(Br)CC(C)(C)CCCOc1ccccc1. The third-order valence-electron chi connectivity index (χ3n) is 2.84. The van der Waals surface area contributed by atoms with Crippen LogP contribution in [0.25, 0.3) is 0 Å². The molecule has 0 heterocycles. The fraction of sp³-hybridized carbons (Fsp3) is 0.600. The van der Waals surface area contributed by atoms with Crippen LogP contribution in [0.4, 0.5) is 0 Å². The van der Waals surface area contributed by atoms with Crippen molar-refractivity contribution in [3.8, 4) is 5.75 Å². The van der Waals surface area contributed by atoms with Crippen LogP contribution >= 0.6 is 15.9 Å². The van der Waals surface area contributed by atoms with E-state index in [1.54, 1.807) is 0 Å². The van der Waals surface area contributed by atoms with Crippen molar-refractivity contribution >= 4 is 15.9 Å². The fourth-order valence-electron chi connectivity index (χ4n) is 2.12. The van der Waals surface area contributed by atoms with Gasteiger partial charge in [-0.1, -0.05) is 54.9 Å². The molecule has 1 rings (SSSR count). The molecule has 1 aromatic rings. The molecule has 0 bridgehead atoms. The molecule has 0 aliphatic heterocycles. The molecular weight excluding hydrogens is 276 g/mol. The van der Waals surface area contributed by atoms with Gasteiger partial charge in [-0.3, -0.25) is 0 Å². The van der Waals surface area contributed by atoms with E-state index in [9.17, 15) is 0 Å². The number of hydrogen-bond donors (Lipinski definition) is 0. The molecule has 0 aromatic heterocycles. The predicted molar refractivity (Wildman–Crippen MR) is 78.0 cm³/mol. The van der Waals surface area contributed by atoms with Crippen LogP contribution in [-0.2, 0) is 0 Å². The van der Waals surface area contributed by atoms with E-state index < -0.39 is 0 Å². The monoisotopic (exact) mass is 298 g/mol. The Kier molecular flexibility index (Phi) is 6.04. The zero-order valence-corrected chi connectivity index (χ0v) is 12.7. The zero-order valence-electron chi connectivity index (χ0n) is 11.1. The van der Waals surface area contributed by atoms with Crippen LogP contribution in [0.15, 0.2) is 30.3 Å². The molecule has 17 heavy (non-hydrogen) atoms. The maximum Gasteiger partial charge on any atom is 0.119 e. The highest BCUT2D eigenvalue weighted by molar-refractivity contribution is 9.09. The molecule has 0 saturated heterocycles. The molecule has 0 N–H and O–H groups in total. The van der Waals surface area contributed by atoms with Crippen molar-refractivity contribution in [2.75, 3.05) is 6.61 Å². The fourth-order valence-corrected chi connectivity index (χ4v) is 3.00. The summed E-state index contributed by atoms with van der Waals surface area (Å²) in [6, 6.07) is 10.0. The van der Waals surface area contributed by atoms with Gasteiger partial charge >= 0.3 is 0 Å². The first kappa shape index (κ1) is 14.6. The van der Waals surface area contributed by atoms with Crippen LogP contribution in [0.1, 0.15) is 40.0 Å². The van der Waals surface area contributed by atoms with E-state index in [-0.39, 0.29) is 0 Å². The Morgan fingerprint density at radius 1 is 1.24 bits per heavy atom. The highest BCUT2D eigenvalue weighted by Crippen LogP contribution is 2.30. The van der Waals surface area contributed by atoms with Crippen LogP contribution in [-0.4, -0.2) is 11.4 Å². The van der Waals surface area contributed by atoms with E-state index in [0.29, 0.717) is 10.2 Å². The Morgan fingerprint density at radius 3 is 2.47 bits per heavy atom. The van der Waals surface area contributed by atoms with E-state index in [2.05, 4.69) is 36.7 Å². The summed E-state index contributed by atoms with van der Waals surface area (Å²) in [6.07, 6.45) is 3.52. The second-order valence-electron chi connectivity index (χ2n) is 5.41. The Balaban J connectivity index is 2.20. The molecular formula is C15H23BrO. The molecule has 1 nitrogen and oxygen atoms in total. The molecule has 0 aliphatic carbocycles. The van der Waals surface area contributed by atoms with Gasteiger partial charge in [0.15, 0.2) is 0 Å². The average Bonchev–Trinajstić information content (AvgIpc) is 2.24. The summed E-state index contributed by atoms with van der Waals surface area (Å²) in [7, 11) is 0. The first-order valence-electron chi connectivity index (χ1n) is 6.31. The number of alkyl halides is 1. The largest absolute Gasteiger partial charge is 0.494 e. The minimum absolute atomic E-state index is 0.392. The van der Waals surface area contributed by atoms with Gasteiger partial charge < -0.3 is 4.74 Å². The standard InChI is InChI=1S/C15H23BrO/c1-13(16)12-15(2,3)10-7-11-17-14-8-5-4-6-9-14/h4-6,8-9,13H,7,10-12H2,1-3H3. The molecule has 1 unspecified atom stereocenters. The Hall–Kier alpha value is -0.500. The Bertz CT molecular complexity index is 306. The lowest BCUT2D eigenvalue weighted by Crippen LogP contribution is -2.16. The lowest BCUT2D eigenvalue weighted by molar-refractivity contribution is 0.246. The van der Waals surface area contributed by atoms with E-state index in [4.69, 9.17) is 4.74 Å². The number of rotatable bonds is 7. The lowest BCUT2D eigenvalue weighted by Gasteiger charge is -2.25. The molecule has 0 fully saturated rings. The van der Waals surface area contributed by atoms with E-state index in [0.717, 1.165) is 18.8 Å². The van der Waals surface area contributed by atoms with Gasteiger partial charge in [-0.25, -0.2) is 0 Å². The highest BCUT2D eigenvalue weighted by Gasteiger charge is 2.19. The molecule has 1 atom stereocenters. The van der Waals surface area contributed by atoms with Gasteiger partial charge in [-0.15, -0.1) is 0 Å². The number of para-hydroxylation sites is 1. The van der Waals surface area contributed by atoms with Crippen LogP contribution in [0.2, 0.25) is 0 Å². The lowest BCUT2D eigenvalue weighted by atomic mass is 9.83. The van der Waals surface area contributed by atoms with Crippen molar-refractivity contribution in [3.63, 3.8) is 0 Å². The van der Waals surface area contributed by atoms with Crippen LogP contribution in [0.3, 0.4) is 0 Å². The maximum absolute atomic E-state index is 5.69. The van der Waals surface area contributed by atoms with Crippen molar-refractivity contribution in [2.24, 2.45) is 5.41 Å². The molecule has 96 valence electrons. The highest BCUT2D eigenvalue weighted by atomic mass is 79.9. The predicted octanol–water partition coefficient (Wildman–Crippen LogP) is 5.05. The molecule has 0 radical (unpaired) electrons. The molecule has 0 spiro atoms. The minimum atomic E-state index is 0.392. The first-order chi connectivity index (χ1) is 7.99. The quantitative estimate of drug-likeness (QED) is 0.506. The summed E-state index contributed by atoms with van der Waals surface area (Å²) in [5.74, 6) is 0.971. The Labute approximate surface area is 114 Å². The topological polar surface area (TPSA) is 9.23 Å². The smallest absolute Gasteiger partial charge is 0.119 e. The van der Waals surface area contributed by atoms with Crippen molar-refractivity contribution in [1.29, 1.82) is 0 Å². The zero-order chi connectivity index (χ0) is 12.7. The third-order valence-corrected chi connectivity index (χ3v) is 3.17. The molecule has 1 aromatic carbocycles. The molecule has 2 heteroatoms. The second kappa shape index (κ2) is 7.05. The van der Waals surface area contributed by atoms with Gasteiger partial charge in [0, 0.05) is 4.83 Å². The van der Waals surface area contributed by atoms with Crippen molar-refractivity contribution in [2.45, 2.75) is 44.9 Å². The second-order valence-corrected chi connectivity index (χ2v) is 6.98. The van der Waals surface area contributed by atoms with E-state index in [1.165, 1.54) is 12.8 Å². The third kappa shape index (κ3) is 6.72. The number of ether oxygens (including phenoxy) is 1. The summed E-state index contributed by atoms with van der Waals surface area (Å²) in [5, 5.41) is 0. The maximum atomic E-state index is 5.69. The summed E-state index contributed by atoms with van der Waals surface area (Å²) >= 11 is 3.62. The van der Waals surface area contributed by atoms with Gasteiger partial charge in [0.05, 0.1) is 6.61 Å². The van der Waals surface area contributed by atoms with Crippen molar-refractivity contribution in [3.05, 3.63) is 30.3 Å². The average molecular weight is 299 g/mol. The number of halogens is 1. The van der Waals surface area contributed by atoms with Gasteiger partial charge in [0.2, 0.25) is 0 Å². The molecule has 0 saturated carbocycles. The van der Waals surface area contributed by atoms with Gasteiger partial charge in [-0.05, 0) is 36.8 Å². The summed E-state index contributed by atoms with van der Waals surface area (Å²) in [5.41, 5.74) is 0.392. The van der Waals surface area contributed by atoms with Gasteiger partial charge in [0.25, 0.3) is 0 Å².